The van der Waals surface area contributed by atoms with Crippen LogP contribution in [0.1, 0.15) is 36.0 Å². The number of aromatic nitrogens is 3. The number of hydrogen-bond donors (Lipinski definition) is 3. The molecule has 0 radical (unpaired) electrons. The van der Waals surface area contributed by atoms with Crippen LogP contribution in [0.5, 0.6) is 11.9 Å². The van der Waals surface area contributed by atoms with Crippen LogP contribution < -0.4 is 15.6 Å². The Hall–Kier alpha value is -2.90. The van der Waals surface area contributed by atoms with Crippen molar-refractivity contribution in [2.75, 3.05) is 0 Å². The molecule has 0 unspecified atom stereocenters. The summed E-state index contributed by atoms with van der Waals surface area (Å²) in [5.74, 6) is -0.695. The van der Waals surface area contributed by atoms with Crippen molar-refractivity contribution in [1.29, 1.82) is 0 Å². The molecule has 3 rings (SSSR count). The number of nitrogens with one attached hydrogen (secondary N) is 2. The van der Waals surface area contributed by atoms with E-state index in [1.165, 1.54) is 6.07 Å². The van der Waals surface area contributed by atoms with Gasteiger partial charge in [0.2, 0.25) is 0 Å². The number of hydrogen-bond acceptors (Lipinski definition) is 6. The van der Waals surface area contributed by atoms with Crippen molar-refractivity contribution in [2.24, 2.45) is 0 Å². The Morgan fingerprint density at radius 1 is 1.21 bits per heavy atom. The molecular weight excluding hydrogens is 312 g/mol. The molecule has 0 aromatic carbocycles. The Labute approximate surface area is 137 Å². The van der Waals surface area contributed by atoms with Crippen LogP contribution in [0.15, 0.2) is 35.4 Å². The van der Waals surface area contributed by atoms with Gasteiger partial charge in [0.05, 0.1) is 5.56 Å². The molecule has 1 aliphatic carbocycles. The maximum Gasteiger partial charge on any atom is 0.316 e. The Kier molecular flexibility index (Phi) is 4.74. The minimum Gasteiger partial charge on any atom is -0.494 e. The summed E-state index contributed by atoms with van der Waals surface area (Å²) in [6.07, 6.45) is 6.38. The number of pyridine rings is 1. The van der Waals surface area contributed by atoms with Crippen LogP contribution in [0.3, 0.4) is 0 Å². The van der Waals surface area contributed by atoms with Gasteiger partial charge >= 0.3 is 6.01 Å². The first kappa shape index (κ1) is 16.0. The third-order valence-electron chi connectivity index (χ3n) is 3.92. The summed E-state index contributed by atoms with van der Waals surface area (Å²) in [5, 5.41) is 12.2. The minimum absolute atomic E-state index is 0.00970. The number of carbonyl (C=O) groups excluding carboxylic acids is 1. The average molecular weight is 330 g/mol. The van der Waals surface area contributed by atoms with Crippen molar-refractivity contribution in [1.82, 2.24) is 20.3 Å². The number of H-pyrrole nitrogens is 1. The van der Waals surface area contributed by atoms with Gasteiger partial charge in [0.25, 0.3) is 11.5 Å². The summed E-state index contributed by atoms with van der Waals surface area (Å²) in [6.45, 7) is 0. The van der Waals surface area contributed by atoms with Gasteiger partial charge in [-0.1, -0.05) is 0 Å². The summed E-state index contributed by atoms with van der Waals surface area (Å²) in [7, 11) is 0. The molecule has 1 aliphatic rings. The lowest BCUT2D eigenvalue weighted by atomic mass is 9.93. The highest BCUT2D eigenvalue weighted by molar-refractivity contribution is 5.94. The molecule has 8 nitrogen and oxygen atoms in total. The molecule has 0 spiro atoms. The van der Waals surface area contributed by atoms with Gasteiger partial charge in [-0.15, -0.1) is 0 Å². The van der Waals surface area contributed by atoms with E-state index < -0.39 is 5.56 Å². The molecule has 8 heteroatoms. The lowest BCUT2D eigenvalue weighted by molar-refractivity contribution is 0.0884. The van der Waals surface area contributed by atoms with Gasteiger partial charge in [-0.3, -0.25) is 14.6 Å². The van der Waals surface area contributed by atoms with Crippen LogP contribution in [0.2, 0.25) is 0 Å². The van der Waals surface area contributed by atoms with Crippen LogP contribution >= 0.6 is 0 Å². The highest BCUT2D eigenvalue weighted by Crippen LogP contribution is 2.22. The molecule has 0 bridgehead atoms. The topological polar surface area (TPSA) is 117 Å². The maximum atomic E-state index is 12.2. The molecular formula is C16H18N4O4. The van der Waals surface area contributed by atoms with Crippen molar-refractivity contribution in [3.8, 4) is 11.9 Å². The van der Waals surface area contributed by atoms with Crippen LogP contribution in [-0.2, 0) is 0 Å². The Morgan fingerprint density at radius 3 is 2.58 bits per heavy atom. The van der Waals surface area contributed by atoms with Gasteiger partial charge in [0, 0.05) is 30.6 Å². The highest BCUT2D eigenvalue weighted by Gasteiger charge is 2.24. The second-order valence-corrected chi connectivity index (χ2v) is 5.71. The van der Waals surface area contributed by atoms with Crippen LogP contribution in [0, 0.1) is 0 Å². The molecule has 0 atom stereocenters. The fourth-order valence-corrected chi connectivity index (χ4v) is 2.75. The smallest absolute Gasteiger partial charge is 0.316 e. The number of aromatic amines is 1. The zero-order valence-corrected chi connectivity index (χ0v) is 12.9. The summed E-state index contributed by atoms with van der Waals surface area (Å²) in [5.41, 5.74) is -0.368. The number of nitrogens with zero attached hydrogens (tertiary/aromatic N) is 2. The van der Waals surface area contributed by atoms with Crippen LogP contribution in [0.4, 0.5) is 0 Å². The van der Waals surface area contributed by atoms with E-state index in [0.717, 1.165) is 31.7 Å². The van der Waals surface area contributed by atoms with E-state index in [1.54, 1.807) is 18.5 Å². The second kappa shape index (κ2) is 7.12. The number of carbonyl (C=O) groups is 1. The first-order valence-electron chi connectivity index (χ1n) is 7.78. The Morgan fingerprint density at radius 2 is 1.92 bits per heavy atom. The van der Waals surface area contributed by atoms with E-state index in [1.807, 2.05) is 0 Å². The zero-order chi connectivity index (χ0) is 16.9. The lowest BCUT2D eigenvalue weighted by Crippen LogP contribution is -2.40. The SMILES string of the molecule is O=C(NC1CCC(Oc2ncccn2)CC1)c1cc(O)[nH]c(=O)c1. The summed E-state index contributed by atoms with van der Waals surface area (Å²) < 4.78 is 5.71. The van der Waals surface area contributed by atoms with Crippen molar-refractivity contribution in [3.63, 3.8) is 0 Å². The van der Waals surface area contributed by atoms with E-state index in [-0.39, 0.29) is 29.5 Å². The second-order valence-electron chi connectivity index (χ2n) is 5.71. The molecule has 0 saturated heterocycles. The van der Waals surface area contributed by atoms with Crippen molar-refractivity contribution < 1.29 is 14.6 Å². The Bertz CT molecular complexity index is 754. The fourth-order valence-electron chi connectivity index (χ4n) is 2.75. The minimum atomic E-state index is -0.514. The molecule has 3 N–H and O–H groups in total. The maximum absolute atomic E-state index is 12.2. The molecule has 2 aromatic rings. The normalized spacial score (nSPS) is 20.3. The molecule has 24 heavy (non-hydrogen) atoms. The summed E-state index contributed by atoms with van der Waals surface area (Å²) in [6, 6.07) is 4.50. The third-order valence-corrected chi connectivity index (χ3v) is 3.92. The first-order valence-corrected chi connectivity index (χ1v) is 7.78. The quantitative estimate of drug-likeness (QED) is 0.769. The lowest BCUT2D eigenvalue weighted by Gasteiger charge is -2.28. The molecule has 126 valence electrons. The average Bonchev–Trinajstić information content (AvgIpc) is 2.57. The monoisotopic (exact) mass is 330 g/mol. The zero-order valence-electron chi connectivity index (χ0n) is 12.9. The van der Waals surface area contributed by atoms with E-state index in [4.69, 9.17) is 4.74 Å². The van der Waals surface area contributed by atoms with Crippen LogP contribution in [-0.4, -0.2) is 38.1 Å². The van der Waals surface area contributed by atoms with E-state index in [2.05, 4.69) is 20.3 Å². The van der Waals surface area contributed by atoms with Gasteiger partial charge in [-0.25, -0.2) is 9.97 Å². The van der Waals surface area contributed by atoms with Crippen LogP contribution in [0.25, 0.3) is 0 Å². The number of amides is 1. The number of aromatic hydroxyl groups is 1. The van der Waals surface area contributed by atoms with Gasteiger partial charge in [-0.2, -0.15) is 0 Å². The molecule has 2 heterocycles. The predicted octanol–water partition coefficient (Wildman–Crippen LogP) is 0.990. The molecule has 1 fully saturated rings. The van der Waals surface area contributed by atoms with Gasteiger partial charge in [0.15, 0.2) is 5.88 Å². The van der Waals surface area contributed by atoms with E-state index in [0.29, 0.717) is 6.01 Å². The molecule has 1 amide bonds. The van der Waals surface area contributed by atoms with E-state index >= 15 is 0 Å². The predicted molar refractivity (Wildman–Crippen MR) is 84.9 cm³/mol. The largest absolute Gasteiger partial charge is 0.494 e. The standard InChI is InChI=1S/C16H18N4O4/c21-13-8-10(9-14(22)20-13)15(23)19-11-2-4-12(5-3-11)24-16-17-6-1-7-18-16/h1,6-9,11-12H,2-5H2,(H,19,23)(H2,20,21,22). The van der Waals surface area contributed by atoms with Crippen molar-refractivity contribution in [3.05, 3.63) is 46.5 Å². The Balaban J connectivity index is 1.51. The number of ether oxygens (including phenoxy) is 1. The van der Waals surface area contributed by atoms with E-state index in [9.17, 15) is 14.7 Å². The fraction of sp³-hybridized carbons (Fsp3) is 0.375. The highest BCUT2D eigenvalue weighted by atomic mass is 16.5. The summed E-state index contributed by atoms with van der Waals surface area (Å²) in [4.78, 5) is 33.7. The van der Waals surface area contributed by atoms with Crippen molar-refractivity contribution in [2.45, 2.75) is 37.8 Å². The third kappa shape index (κ3) is 4.09. The van der Waals surface area contributed by atoms with Crippen molar-refractivity contribution >= 4 is 5.91 Å². The molecule has 0 aliphatic heterocycles. The van der Waals surface area contributed by atoms with Gasteiger partial charge in [0.1, 0.15) is 6.10 Å². The van der Waals surface area contributed by atoms with Gasteiger partial charge < -0.3 is 15.2 Å². The molecule has 2 aromatic heterocycles. The van der Waals surface area contributed by atoms with Gasteiger partial charge in [-0.05, 0) is 31.7 Å². The first-order chi connectivity index (χ1) is 11.6. The summed E-state index contributed by atoms with van der Waals surface area (Å²) >= 11 is 0. The number of rotatable bonds is 4. The molecule has 1 saturated carbocycles.